The van der Waals surface area contributed by atoms with E-state index in [9.17, 15) is 0 Å². The van der Waals surface area contributed by atoms with Gasteiger partial charge in [-0.15, -0.1) is 0 Å². The lowest BCUT2D eigenvalue weighted by Crippen LogP contribution is -2.17. The van der Waals surface area contributed by atoms with Gasteiger partial charge in [0.2, 0.25) is 11.9 Å². The van der Waals surface area contributed by atoms with Crippen LogP contribution in [0.2, 0.25) is 0 Å². The van der Waals surface area contributed by atoms with E-state index in [1.54, 1.807) is 17.0 Å². The third-order valence-electron chi connectivity index (χ3n) is 2.32. The summed E-state index contributed by atoms with van der Waals surface area (Å²) in [7, 11) is 0. The number of anilines is 1. The van der Waals surface area contributed by atoms with Crippen molar-refractivity contribution in [1.82, 2.24) is 24.5 Å². The third kappa shape index (κ3) is 2.97. The first-order valence-corrected chi connectivity index (χ1v) is 6.06. The van der Waals surface area contributed by atoms with Gasteiger partial charge in [0.25, 0.3) is 0 Å². The fourth-order valence-electron chi connectivity index (χ4n) is 1.56. The number of aromatic nitrogens is 5. The molecule has 0 fully saturated rings. The molecular formula is C11H17N7O. The van der Waals surface area contributed by atoms with E-state index in [4.69, 9.17) is 10.6 Å². The Morgan fingerprint density at radius 1 is 1.37 bits per heavy atom. The van der Waals surface area contributed by atoms with E-state index in [2.05, 4.69) is 25.4 Å². The number of hydrogen-bond donors (Lipinski definition) is 2. The smallest absolute Gasteiger partial charge is 0.323 e. The number of hydrazine groups is 1. The van der Waals surface area contributed by atoms with E-state index in [1.807, 2.05) is 20.8 Å². The molecule has 2 heterocycles. The first-order chi connectivity index (χ1) is 9.13. The van der Waals surface area contributed by atoms with Crippen LogP contribution in [0.3, 0.4) is 0 Å². The fraction of sp³-hybridized carbons (Fsp3) is 0.455. The summed E-state index contributed by atoms with van der Waals surface area (Å²) in [5.74, 6) is 6.88. The SMILES string of the molecule is CCc1nccn1-c1nc(NN)nc(OC(C)C)n1. The first kappa shape index (κ1) is 13.2. The van der Waals surface area contributed by atoms with Crippen molar-refractivity contribution in [1.29, 1.82) is 0 Å². The lowest BCUT2D eigenvalue weighted by molar-refractivity contribution is 0.221. The van der Waals surface area contributed by atoms with Crippen LogP contribution < -0.4 is 16.0 Å². The summed E-state index contributed by atoms with van der Waals surface area (Å²) < 4.78 is 7.25. The second-order valence-electron chi connectivity index (χ2n) is 4.12. The summed E-state index contributed by atoms with van der Waals surface area (Å²) in [5.41, 5.74) is 2.40. The lowest BCUT2D eigenvalue weighted by Gasteiger charge is -2.11. The van der Waals surface area contributed by atoms with Gasteiger partial charge >= 0.3 is 6.01 Å². The van der Waals surface area contributed by atoms with Crippen molar-refractivity contribution in [3.05, 3.63) is 18.2 Å². The molecule has 0 aliphatic heterocycles. The van der Waals surface area contributed by atoms with Gasteiger partial charge in [-0.1, -0.05) is 6.92 Å². The second kappa shape index (κ2) is 5.61. The van der Waals surface area contributed by atoms with Gasteiger partial charge in [-0.25, -0.2) is 10.8 Å². The predicted octanol–water partition coefficient (Wildman–Crippen LogP) is 0.692. The van der Waals surface area contributed by atoms with Crippen LogP contribution in [-0.2, 0) is 6.42 Å². The zero-order chi connectivity index (χ0) is 13.8. The van der Waals surface area contributed by atoms with Gasteiger partial charge in [-0.3, -0.25) is 9.99 Å². The van der Waals surface area contributed by atoms with Crippen LogP contribution in [0, 0.1) is 0 Å². The van der Waals surface area contributed by atoms with E-state index in [-0.39, 0.29) is 18.1 Å². The molecule has 0 aromatic carbocycles. The molecule has 0 bridgehead atoms. The second-order valence-corrected chi connectivity index (χ2v) is 4.12. The molecular weight excluding hydrogens is 246 g/mol. The standard InChI is InChI=1S/C11H17N7O/c1-4-8-13-5-6-18(8)10-14-9(17-12)15-11(16-10)19-7(2)3/h5-7H,4,12H2,1-3H3,(H,14,15,16,17). The maximum absolute atomic E-state index is 5.48. The number of rotatable bonds is 5. The monoisotopic (exact) mass is 263 g/mol. The van der Waals surface area contributed by atoms with E-state index < -0.39 is 0 Å². The maximum atomic E-state index is 5.48. The van der Waals surface area contributed by atoms with Gasteiger partial charge in [0.15, 0.2) is 0 Å². The highest BCUT2D eigenvalue weighted by Gasteiger charge is 2.12. The third-order valence-corrected chi connectivity index (χ3v) is 2.32. The van der Waals surface area contributed by atoms with E-state index >= 15 is 0 Å². The molecule has 0 saturated carbocycles. The maximum Gasteiger partial charge on any atom is 0.323 e. The van der Waals surface area contributed by atoms with Crippen LogP contribution in [0.1, 0.15) is 26.6 Å². The summed E-state index contributed by atoms with van der Waals surface area (Å²) in [4.78, 5) is 16.7. The van der Waals surface area contributed by atoms with Gasteiger partial charge in [0, 0.05) is 18.8 Å². The molecule has 0 spiro atoms. The van der Waals surface area contributed by atoms with Gasteiger partial charge < -0.3 is 4.74 Å². The number of imidazole rings is 1. The van der Waals surface area contributed by atoms with Crippen molar-refractivity contribution in [3.63, 3.8) is 0 Å². The highest BCUT2D eigenvalue weighted by molar-refractivity contribution is 5.29. The Morgan fingerprint density at radius 2 is 2.16 bits per heavy atom. The summed E-state index contributed by atoms with van der Waals surface area (Å²) in [5, 5.41) is 0. The Morgan fingerprint density at radius 3 is 2.79 bits per heavy atom. The number of ether oxygens (including phenoxy) is 1. The molecule has 0 aliphatic rings. The molecule has 0 radical (unpaired) electrons. The average Bonchev–Trinajstić information content (AvgIpc) is 2.85. The normalized spacial score (nSPS) is 10.8. The summed E-state index contributed by atoms with van der Waals surface area (Å²) in [6.07, 6.45) is 4.22. The molecule has 2 aromatic rings. The van der Waals surface area contributed by atoms with Crippen LogP contribution in [0.5, 0.6) is 6.01 Å². The summed E-state index contributed by atoms with van der Waals surface area (Å²) >= 11 is 0. The Balaban J connectivity index is 2.44. The van der Waals surface area contributed by atoms with Crippen LogP contribution in [0.25, 0.3) is 5.95 Å². The number of hydrogen-bond acceptors (Lipinski definition) is 7. The molecule has 102 valence electrons. The van der Waals surface area contributed by atoms with Crippen LogP contribution in [-0.4, -0.2) is 30.6 Å². The fourth-order valence-corrected chi connectivity index (χ4v) is 1.56. The average molecular weight is 263 g/mol. The molecule has 0 unspecified atom stereocenters. The largest absolute Gasteiger partial charge is 0.461 e. The Hall–Kier alpha value is -2.22. The van der Waals surface area contributed by atoms with E-state index in [1.165, 1.54) is 0 Å². The molecule has 2 rings (SSSR count). The van der Waals surface area contributed by atoms with Gasteiger partial charge in [-0.2, -0.15) is 15.0 Å². The minimum absolute atomic E-state index is 0.0330. The molecule has 0 atom stereocenters. The minimum atomic E-state index is -0.0330. The van der Waals surface area contributed by atoms with E-state index in [0.717, 1.165) is 12.2 Å². The molecule has 0 aliphatic carbocycles. The van der Waals surface area contributed by atoms with Crippen molar-refractivity contribution >= 4 is 5.95 Å². The first-order valence-electron chi connectivity index (χ1n) is 6.06. The highest BCUT2D eigenvalue weighted by atomic mass is 16.5. The molecule has 0 amide bonds. The zero-order valence-corrected chi connectivity index (χ0v) is 11.2. The Labute approximate surface area is 111 Å². The van der Waals surface area contributed by atoms with Crippen molar-refractivity contribution in [2.45, 2.75) is 33.3 Å². The molecule has 8 heteroatoms. The Kier molecular flexibility index (Phi) is 3.91. The van der Waals surface area contributed by atoms with Gasteiger partial charge in [0.1, 0.15) is 5.82 Å². The highest BCUT2D eigenvalue weighted by Crippen LogP contribution is 2.13. The zero-order valence-electron chi connectivity index (χ0n) is 11.2. The van der Waals surface area contributed by atoms with Gasteiger partial charge in [0.05, 0.1) is 6.10 Å². The summed E-state index contributed by atoms with van der Waals surface area (Å²) in [6.45, 7) is 5.80. The lowest BCUT2D eigenvalue weighted by atomic mass is 10.4. The number of nitrogens with two attached hydrogens (primary N) is 1. The minimum Gasteiger partial charge on any atom is -0.461 e. The van der Waals surface area contributed by atoms with Crippen LogP contribution >= 0.6 is 0 Å². The van der Waals surface area contributed by atoms with E-state index in [0.29, 0.717) is 5.95 Å². The number of nitrogen functional groups attached to an aromatic ring is 1. The predicted molar refractivity (Wildman–Crippen MR) is 69.9 cm³/mol. The number of nitrogens with one attached hydrogen (secondary N) is 1. The van der Waals surface area contributed by atoms with Gasteiger partial charge in [-0.05, 0) is 13.8 Å². The Bertz CT molecular complexity index is 552. The number of aryl methyl sites for hydroxylation is 1. The molecule has 2 aromatic heterocycles. The van der Waals surface area contributed by atoms with Crippen LogP contribution in [0.15, 0.2) is 12.4 Å². The van der Waals surface area contributed by atoms with Crippen molar-refractivity contribution in [2.24, 2.45) is 5.84 Å². The van der Waals surface area contributed by atoms with Crippen LogP contribution in [0.4, 0.5) is 5.95 Å². The van der Waals surface area contributed by atoms with Crippen molar-refractivity contribution in [2.75, 3.05) is 5.43 Å². The summed E-state index contributed by atoms with van der Waals surface area (Å²) in [6, 6.07) is 0.226. The topological polar surface area (TPSA) is 104 Å². The molecule has 19 heavy (non-hydrogen) atoms. The number of nitrogens with zero attached hydrogens (tertiary/aromatic N) is 5. The molecule has 0 saturated heterocycles. The molecule has 3 N–H and O–H groups in total. The van der Waals surface area contributed by atoms with Crippen molar-refractivity contribution in [3.8, 4) is 12.0 Å². The van der Waals surface area contributed by atoms with Crippen molar-refractivity contribution < 1.29 is 4.74 Å². The molecule has 8 nitrogen and oxygen atoms in total. The quantitative estimate of drug-likeness (QED) is 0.604.